The van der Waals surface area contributed by atoms with Gasteiger partial charge in [-0.3, -0.25) is 33.6 Å². The fraction of sp³-hybridized carbons (Fsp3) is 0.600. The fourth-order valence-electron chi connectivity index (χ4n) is 6.03. The molecule has 2 aliphatic rings. The van der Waals surface area contributed by atoms with E-state index in [1.165, 1.54) is 13.0 Å². The number of ether oxygens (including phenoxy) is 2. The second-order valence-electron chi connectivity index (χ2n) is 15.7. The summed E-state index contributed by atoms with van der Waals surface area (Å²) in [5, 5.41) is 24.5. The smallest absolute Gasteiger partial charge is 0.328 e. The Morgan fingerprint density at radius 1 is 0.947 bits per heavy atom. The van der Waals surface area contributed by atoms with E-state index in [0.717, 1.165) is 11.1 Å². The summed E-state index contributed by atoms with van der Waals surface area (Å²) in [6.45, 7) is 11.8. The first-order chi connectivity index (χ1) is 26.8. The topological polar surface area (TPSA) is 251 Å². The number of benzene rings is 1. The highest BCUT2D eigenvalue weighted by atomic mass is 16.6. The van der Waals surface area contributed by atoms with Crippen LogP contribution in [0.1, 0.15) is 97.8 Å². The largest absolute Gasteiger partial charge is 0.481 e. The molecule has 314 valence electrons. The van der Waals surface area contributed by atoms with E-state index in [0.29, 0.717) is 6.42 Å². The quantitative estimate of drug-likeness (QED) is 0.0984. The van der Waals surface area contributed by atoms with Crippen LogP contribution in [0.15, 0.2) is 36.4 Å². The van der Waals surface area contributed by atoms with Gasteiger partial charge in [0.25, 0.3) is 0 Å². The molecule has 0 aromatic heterocycles. The molecule has 0 aliphatic carbocycles. The summed E-state index contributed by atoms with van der Waals surface area (Å²) in [6.07, 6.45) is 1.97. The summed E-state index contributed by atoms with van der Waals surface area (Å²) in [4.78, 5) is 99.4. The van der Waals surface area contributed by atoms with Crippen LogP contribution in [0.25, 0.3) is 0 Å². The lowest BCUT2D eigenvalue weighted by molar-refractivity contribution is -0.157. The summed E-state index contributed by atoms with van der Waals surface area (Å²) >= 11 is 0. The average molecular weight is 799 g/mol. The number of carboxylic acids is 1. The van der Waals surface area contributed by atoms with E-state index >= 15 is 0 Å². The molecule has 2 aliphatic heterocycles. The number of carbonyl (C=O) groups excluding carboxylic acids is 7. The van der Waals surface area contributed by atoms with E-state index in [1.54, 1.807) is 26.8 Å². The Balaban J connectivity index is 1.61. The molecular weight excluding hydrogens is 740 g/mol. The van der Waals surface area contributed by atoms with Crippen molar-refractivity contribution in [1.29, 1.82) is 0 Å². The minimum atomic E-state index is -1.10. The van der Waals surface area contributed by atoms with Gasteiger partial charge < -0.3 is 46.5 Å². The molecule has 1 aromatic carbocycles. The van der Waals surface area contributed by atoms with Crippen molar-refractivity contribution in [3.63, 3.8) is 0 Å². The number of hydrogen-bond donors (Lipinski definition) is 7. The van der Waals surface area contributed by atoms with Crippen molar-refractivity contribution in [3.05, 3.63) is 47.5 Å². The Labute approximate surface area is 333 Å². The summed E-state index contributed by atoms with van der Waals surface area (Å²) < 4.78 is 12.2. The number of carboxylic acid groups (broad SMARTS) is 1. The van der Waals surface area contributed by atoms with Gasteiger partial charge in [-0.2, -0.15) is 0 Å². The Bertz CT molecular complexity index is 1660. The number of carbonyl (C=O) groups is 8. The zero-order valence-electron chi connectivity index (χ0n) is 33.8. The van der Waals surface area contributed by atoms with Crippen LogP contribution in [-0.2, 0) is 54.4 Å². The lowest BCUT2D eigenvalue weighted by Crippen LogP contribution is -2.56. The summed E-state index contributed by atoms with van der Waals surface area (Å²) in [5.41, 5.74) is 0.551. The number of esters is 1. The van der Waals surface area contributed by atoms with Crippen LogP contribution in [0.4, 0.5) is 0 Å². The standard InChI is InChI=1S/C40H58N6O11/c1-22(2)18-28-38(54)56-29(10-8-11-30(47)42-21-33(50)45-25(5)40(6,7)39(55)46-28)23(3)35-36(57-35)27-16-14-26(15-17-27)19-43-37(53)24(4)44-32(49)20-41-31(48)12-9-13-34(51)52/h8,11,14-17,22-25,28-29,35-36H,9-10,12-13,18-21H2,1-7H3,(H,41,48)(H,42,47)(H,43,53)(H,44,49)(H,45,50)(H,46,55)(H,51,52)/b11-8+/t23-,24?,25?,28-,29-,35+,36+/m0/s1. The molecule has 2 unspecified atom stereocenters. The molecule has 17 heteroatoms. The van der Waals surface area contributed by atoms with Crippen LogP contribution >= 0.6 is 0 Å². The van der Waals surface area contributed by atoms with Crippen molar-refractivity contribution in [2.75, 3.05) is 13.1 Å². The Kier molecular flexibility index (Phi) is 17.2. The fourth-order valence-corrected chi connectivity index (χ4v) is 6.03. The highest BCUT2D eigenvalue weighted by Crippen LogP contribution is 2.45. The second kappa shape index (κ2) is 21.3. The molecule has 7 N–H and O–H groups in total. The predicted molar refractivity (Wildman–Crippen MR) is 207 cm³/mol. The minimum absolute atomic E-state index is 0.0287. The molecule has 6 amide bonds. The monoisotopic (exact) mass is 798 g/mol. The number of hydrogen-bond acceptors (Lipinski definition) is 10. The van der Waals surface area contributed by atoms with Gasteiger partial charge in [-0.05, 0) is 63.7 Å². The molecule has 3 rings (SSSR count). The molecule has 57 heavy (non-hydrogen) atoms. The van der Waals surface area contributed by atoms with Gasteiger partial charge in [0.05, 0.1) is 24.6 Å². The summed E-state index contributed by atoms with van der Waals surface area (Å²) in [6, 6.07) is 4.95. The minimum Gasteiger partial charge on any atom is -0.481 e. The van der Waals surface area contributed by atoms with Gasteiger partial charge in [0.2, 0.25) is 35.4 Å². The Morgan fingerprint density at radius 2 is 1.63 bits per heavy atom. The molecule has 7 atom stereocenters. The molecule has 0 radical (unpaired) electrons. The number of nitrogens with one attached hydrogen (secondary N) is 6. The molecule has 0 bridgehead atoms. The first kappa shape index (κ1) is 46.1. The highest BCUT2D eigenvalue weighted by molar-refractivity contribution is 5.92. The van der Waals surface area contributed by atoms with Gasteiger partial charge in [-0.15, -0.1) is 0 Å². The maximum Gasteiger partial charge on any atom is 0.328 e. The van der Waals surface area contributed by atoms with E-state index in [4.69, 9.17) is 14.6 Å². The lowest BCUT2D eigenvalue weighted by Gasteiger charge is -2.33. The van der Waals surface area contributed by atoms with Crippen molar-refractivity contribution >= 4 is 47.4 Å². The van der Waals surface area contributed by atoms with Crippen molar-refractivity contribution in [2.24, 2.45) is 17.3 Å². The SMILES string of the molecule is CC(C)C[C@@H]1NC(=O)C(C)(C)C(C)NC(=O)CNC(=O)/C=C/C[C@@H]([C@H](C)[C@H]2O[C@@H]2c2ccc(CNC(=O)C(C)NC(=O)CNC(=O)CCCC(=O)O)cc2)OC1=O. The molecule has 1 aromatic rings. The van der Waals surface area contributed by atoms with Gasteiger partial charge in [0.15, 0.2) is 0 Å². The summed E-state index contributed by atoms with van der Waals surface area (Å²) in [5.74, 6) is -4.76. The van der Waals surface area contributed by atoms with E-state index < -0.39 is 77.0 Å². The normalized spacial score (nSPS) is 24.4. The van der Waals surface area contributed by atoms with Crippen LogP contribution in [-0.4, -0.2) is 95.9 Å². The maximum absolute atomic E-state index is 13.7. The van der Waals surface area contributed by atoms with Crippen LogP contribution in [0.2, 0.25) is 0 Å². The zero-order valence-corrected chi connectivity index (χ0v) is 33.8. The number of epoxide rings is 1. The van der Waals surface area contributed by atoms with Crippen molar-refractivity contribution in [1.82, 2.24) is 31.9 Å². The third-order valence-corrected chi connectivity index (χ3v) is 10.1. The van der Waals surface area contributed by atoms with Gasteiger partial charge in [0, 0.05) is 37.8 Å². The van der Waals surface area contributed by atoms with Gasteiger partial charge >= 0.3 is 11.9 Å². The lowest BCUT2D eigenvalue weighted by atomic mass is 9.83. The van der Waals surface area contributed by atoms with E-state index in [1.807, 2.05) is 45.0 Å². The third kappa shape index (κ3) is 14.9. The Hall–Kier alpha value is -5.32. The molecular formula is C40H58N6O11. The molecule has 2 heterocycles. The number of rotatable bonds is 15. The van der Waals surface area contributed by atoms with Crippen LogP contribution < -0.4 is 31.9 Å². The van der Waals surface area contributed by atoms with Gasteiger partial charge in [-0.1, -0.05) is 51.1 Å². The maximum atomic E-state index is 13.7. The van der Waals surface area contributed by atoms with Gasteiger partial charge in [0.1, 0.15) is 24.3 Å². The molecule has 0 saturated carbocycles. The average Bonchev–Trinajstić information content (AvgIpc) is 3.95. The first-order valence-corrected chi connectivity index (χ1v) is 19.3. The van der Waals surface area contributed by atoms with Crippen molar-refractivity contribution in [2.45, 2.75) is 124 Å². The summed E-state index contributed by atoms with van der Waals surface area (Å²) in [7, 11) is 0. The number of cyclic esters (lactones) is 1. The predicted octanol–water partition coefficient (Wildman–Crippen LogP) is 1.30. The van der Waals surface area contributed by atoms with Gasteiger partial charge in [-0.25, -0.2) is 4.79 Å². The van der Waals surface area contributed by atoms with Crippen molar-refractivity contribution < 1.29 is 52.9 Å². The molecule has 1 fully saturated rings. The molecule has 0 spiro atoms. The number of aliphatic carboxylic acids is 1. The number of amides is 6. The third-order valence-electron chi connectivity index (χ3n) is 10.1. The van der Waals surface area contributed by atoms with Crippen LogP contribution in [0.5, 0.6) is 0 Å². The Morgan fingerprint density at radius 3 is 2.28 bits per heavy atom. The van der Waals surface area contributed by atoms with E-state index in [-0.39, 0.29) is 69.4 Å². The molecule has 17 nitrogen and oxygen atoms in total. The van der Waals surface area contributed by atoms with E-state index in [9.17, 15) is 38.4 Å². The highest BCUT2D eigenvalue weighted by Gasteiger charge is 2.48. The zero-order chi connectivity index (χ0) is 42.4. The first-order valence-electron chi connectivity index (χ1n) is 19.3. The second-order valence-corrected chi connectivity index (χ2v) is 15.7. The molecule has 1 saturated heterocycles. The van der Waals surface area contributed by atoms with Crippen LogP contribution in [0.3, 0.4) is 0 Å². The van der Waals surface area contributed by atoms with E-state index in [2.05, 4.69) is 31.9 Å². The van der Waals surface area contributed by atoms with Crippen molar-refractivity contribution in [3.8, 4) is 0 Å². The van der Waals surface area contributed by atoms with Crippen LogP contribution in [0, 0.1) is 17.3 Å².